The van der Waals surface area contributed by atoms with Crippen LogP contribution in [0.15, 0.2) is 24.3 Å². The van der Waals surface area contributed by atoms with E-state index in [2.05, 4.69) is 11.2 Å². The van der Waals surface area contributed by atoms with Crippen LogP contribution in [0, 0.1) is 19.3 Å². The molecule has 1 aliphatic rings. The minimum atomic E-state index is -1.60. The number of carbonyl (C=O) groups excluding carboxylic acids is 2. The van der Waals surface area contributed by atoms with E-state index in [1.54, 1.807) is 25.1 Å². The maximum absolute atomic E-state index is 13.1. The molecule has 41 heavy (non-hydrogen) atoms. The van der Waals surface area contributed by atoms with Crippen molar-refractivity contribution in [1.29, 1.82) is 0 Å². The number of aliphatic hydroxyl groups excluding tert-OH is 3. The molecule has 2 aromatic carbocycles. The number of aliphatic hydroxyl groups is 3. The summed E-state index contributed by atoms with van der Waals surface area (Å²) in [6, 6.07) is 6.37. The molecule has 1 saturated heterocycles. The predicted octanol–water partition coefficient (Wildman–Crippen LogP) is 2.85. The highest BCUT2D eigenvalue weighted by atomic mass is 35.5. The monoisotopic (exact) mass is 611 g/mol. The highest BCUT2D eigenvalue weighted by molar-refractivity contribution is 6.38. The van der Waals surface area contributed by atoms with E-state index < -0.39 is 43.3 Å². The van der Waals surface area contributed by atoms with E-state index in [4.69, 9.17) is 53.3 Å². The Labute approximate surface area is 247 Å². The summed E-state index contributed by atoms with van der Waals surface area (Å²) in [5.74, 6) is 1.78. The quantitative estimate of drug-likeness (QED) is 0.220. The van der Waals surface area contributed by atoms with Crippen LogP contribution in [0.4, 0.5) is 5.69 Å². The summed E-state index contributed by atoms with van der Waals surface area (Å²) in [4.78, 5) is 25.2. The predicted molar refractivity (Wildman–Crippen MR) is 149 cm³/mol. The normalized spacial score (nSPS) is 22.0. The second kappa shape index (κ2) is 14.7. The van der Waals surface area contributed by atoms with Gasteiger partial charge < -0.3 is 44.3 Å². The fourth-order valence-corrected chi connectivity index (χ4v) is 4.66. The van der Waals surface area contributed by atoms with Gasteiger partial charge in [-0.15, -0.1) is 12.3 Å². The van der Waals surface area contributed by atoms with E-state index in [1.165, 1.54) is 20.3 Å². The van der Waals surface area contributed by atoms with Crippen LogP contribution in [0.3, 0.4) is 0 Å². The van der Waals surface area contributed by atoms with Gasteiger partial charge in [0.25, 0.3) is 0 Å². The number of terminal acetylenes is 1. The number of rotatable bonds is 11. The van der Waals surface area contributed by atoms with Crippen LogP contribution in [-0.4, -0.2) is 78.7 Å². The summed E-state index contributed by atoms with van der Waals surface area (Å²) < 4.78 is 27.1. The van der Waals surface area contributed by atoms with Crippen LogP contribution in [0.1, 0.15) is 34.3 Å². The number of nitrogens with one attached hydrogen (secondary N) is 1. The Bertz CT molecular complexity index is 1300. The van der Waals surface area contributed by atoms with Crippen molar-refractivity contribution >= 4 is 40.8 Å². The van der Waals surface area contributed by atoms with Gasteiger partial charge >= 0.3 is 5.97 Å². The van der Waals surface area contributed by atoms with E-state index in [0.29, 0.717) is 23.4 Å². The van der Waals surface area contributed by atoms with Gasteiger partial charge in [-0.1, -0.05) is 29.3 Å². The molecule has 0 spiro atoms. The van der Waals surface area contributed by atoms with Crippen LogP contribution in [-0.2, 0) is 25.6 Å². The number of carbonyl (C=O) groups is 2. The zero-order chi connectivity index (χ0) is 30.3. The third-order valence-electron chi connectivity index (χ3n) is 6.36. The smallest absolute Gasteiger partial charge is 0.339 e. The first kappa shape index (κ1) is 32.4. The van der Waals surface area contributed by atoms with Gasteiger partial charge in [0.15, 0.2) is 18.1 Å². The van der Waals surface area contributed by atoms with Crippen LogP contribution >= 0.6 is 23.2 Å². The van der Waals surface area contributed by atoms with Gasteiger partial charge in [-0.3, -0.25) is 4.79 Å². The SMILES string of the molecule is C#CCCC(=O)Nc1cc(COc2c(Cl)cc(C(=O)O[C@H]3[C@@H](OC)O[C@H](CO)[C@@H](O)[C@@H]3O)c(C)c2Cl)ccc1OC. The minimum absolute atomic E-state index is 0.00489. The molecular formula is C28H31Cl2NO10. The van der Waals surface area contributed by atoms with E-state index in [-0.39, 0.29) is 45.9 Å². The highest BCUT2D eigenvalue weighted by Gasteiger charge is 2.47. The molecule has 4 N–H and O–H groups in total. The Morgan fingerprint density at radius 1 is 1.17 bits per heavy atom. The minimum Gasteiger partial charge on any atom is -0.495 e. The van der Waals surface area contributed by atoms with Crippen molar-refractivity contribution in [1.82, 2.24) is 0 Å². The summed E-state index contributed by atoms with van der Waals surface area (Å²) >= 11 is 12.9. The van der Waals surface area contributed by atoms with Gasteiger partial charge in [0, 0.05) is 20.0 Å². The topological polar surface area (TPSA) is 153 Å². The lowest BCUT2D eigenvalue weighted by Crippen LogP contribution is -2.60. The first-order chi connectivity index (χ1) is 19.6. The maximum Gasteiger partial charge on any atom is 0.339 e. The fourth-order valence-electron chi connectivity index (χ4n) is 4.09. The first-order valence-electron chi connectivity index (χ1n) is 12.4. The standard InChI is InChI=1S/C28H31Cl2NO10/c1-5-6-7-21(33)31-18-10-15(8-9-19(18)37-3)13-39-25-17(29)11-16(14(2)22(25)30)27(36)41-26-24(35)23(34)20(12-32)40-28(26)38-4/h1,8-11,20,23-24,26,28,32,34-35H,6-7,12-13H2,2-4H3,(H,31,33)/t20-,23-,24+,26-,28+/m1/s1. The Balaban J connectivity index is 1.77. The summed E-state index contributed by atoms with van der Waals surface area (Å²) in [5.41, 5.74) is 1.35. The maximum atomic E-state index is 13.1. The molecule has 11 nitrogen and oxygen atoms in total. The van der Waals surface area contributed by atoms with Gasteiger partial charge in [-0.25, -0.2) is 4.79 Å². The number of halogens is 2. The van der Waals surface area contributed by atoms with Crippen LogP contribution in [0.2, 0.25) is 10.0 Å². The lowest BCUT2D eigenvalue weighted by Gasteiger charge is -2.40. The van der Waals surface area contributed by atoms with Crippen molar-refractivity contribution in [3.63, 3.8) is 0 Å². The number of methoxy groups -OCH3 is 2. The second-order valence-electron chi connectivity index (χ2n) is 9.06. The molecule has 2 aromatic rings. The van der Waals surface area contributed by atoms with Gasteiger partial charge in [-0.05, 0) is 36.2 Å². The van der Waals surface area contributed by atoms with Gasteiger partial charge in [0.05, 0.1) is 35.0 Å². The van der Waals surface area contributed by atoms with Crippen LogP contribution < -0.4 is 14.8 Å². The molecular weight excluding hydrogens is 581 g/mol. The van der Waals surface area contributed by atoms with Crippen molar-refractivity contribution in [2.45, 2.75) is 57.1 Å². The molecule has 0 saturated carbocycles. The van der Waals surface area contributed by atoms with E-state index >= 15 is 0 Å². The van der Waals surface area contributed by atoms with Gasteiger partial charge in [-0.2, -0.15) is 0 Å². The fraction of sp³-hybridized carbons (Fsp3) is 0.429. The Hall–Kier alpha value is -3.08. The molecule has 1 amide bonds. The largest absolute Gasteiger partial charge is 0.495 e. The van der Waals surface area contributed by atoms with E-state index in [1.807, 2.05) is 0 Å². The van der Waals surface area contributed by atoms with Crippen molar-refractivity contribution in [3.8, 4) is 23.8 Å². The van der Waals surface area contributed by atoms with Crippen molar-refractivity contribution in [3.05, 3.63) is 51.0 Å². The average Bonchev–Trinajstić information content (AvgIpc) is 2.96. The zero-order valence-electron chi connectivity index (χ0n) is 22.6. The van der Waals surface area contributed by atoms with Crippen molar-refractivity contribution in [2.75, 3.05) is 26.1 Å². The number of hydrogen-bond donors (Lipinski definition) is 4. The molecule has 0 aromatic heterocycles. The molecule has 1 fully saturated rings. The molecule has 0 bridgehead atoms. The molecule has 0 aliphatic carbocycles. The number of anilines is 1. The Kier molecular flexibility index (Phi) is 11.6. The average molecular weight is 612 g/mol. The summed E-state index contributed by atoms with van der Waals surface area (Å²) in [7, 11) is 2.73. The third kappa shape index (κ3) is 7.61. The van der Waals surface area contributed by atoms with Crippen LogP contribution in [0.5, 0.6) is 11.5 Å². The van der Waals surface area contributed by atoms with Crippen molar-refractivity contribution in [2.24, 2.45) is 0 Å². The molecule has 13 heteroatoms. The molecule has 3 rings (SSSR count). The van der Waals surface area contributed by atoms with E-state index in [0.717, 1.165) is 0 Å². The molecule has 222 valence electrons. The lowest BCUT2D eigenvalue weighted by molar-refractivity contribution is -0.293. The zero-order valence-corrected chi connectivity index (χ0v) is 24.1. The number of hydrogen-bond acceptors (Lipinski definition) is 10. The van der Waals surface area contributed by atoms with Gasteiger partial charge in [0.1, 0.15) is 30.7 Å². The molecule has 1 heterocycles. The summed E-state index contributed by atoms with van der Waals surface area (Å²) in [6.45, 7) is 0.978. The summed E-state index contributed by atoms with van der Waals surface area (Å²) in [5, 5.41) is 32.8. The van der Waals surface area contributed by atoms with Crippen molar-refractivity contribution < 1.29 is 48.6 Å². The first-order valence-corrected chi connectivity index (χ1v) is 13.2. The van der Waals surface area contributed by atoms with E-state index in [9.17, 15) is 24.9 Å². The van der Waals surface area contributed by atoms with Crippen LogP contribution in [0.25, 0.3) is 0 Å². The number of esters is 1. The molecule has 1 aliphatic heterocycles. The molecule has 5 atom stereocenters. The summed E-state index contributed by atoms with van der Waals surface area (Å²) in [6.07, 6.45) is -1.23. The number of ether oxygens (including phenoxy) is 5. The Morgan fingerprint density at radius 3 is 2.54 bits per heavy atom. The number of benzene rings is 2. The lowest BCUT2D eigenvalue weighted by atomic mass is 9.99. The molecule has 0 unspecified atom stereocenters. The van der Waals surface area contributed by atoms with Gasteiger partial charge in [0.2, 0.25) is 5.91 Å². The number of amides is 1. The highest BCUT2D eigenvalue weighted by Crippen LogP contribution is 2.39. The molecule has 0 radical (unpaired) electrons. The Morgan fingerprint density at radius 2 is 1.90 bits per heavy atom. The second-order valence-corrected chi connectivity index (χ2v) is 9.85. The third-order valence-corrected chi connectivity index (χ3v) is 7.09.